The van der Waals surface area contributed by atoms with Gasteiger partial charge in [-0.05, 0) is 17.6 Å². The Morgan fingerprint density at radius 2 is 1.95 bits per heavy atom. The summed E-state index contributed by atoms with van der Waals surface area (Å²) in [5.41, 5.74) is 0.484. The van der Waals surface area contributed by atoms with Gasteiger partial charge in [-0.2, -0.15) is 0 Å². The second-order valence-corrected chi connectivity index (χ2v) is 3.70. The maximum Gasteiger partial charge on any atom is 0.488 e. The minimum atomic E-state index is -1.64. The zero-order valence-electron chi connectivity index (χ0n) is 11.0. The van der Waals surface area contributed by atoms with Gasteiger partial charge in [-0.25, -0.2) is 9.59 Å². The van der Waals surface area contributed by atoms with E-state index < -0.39 is 19.1 Å². The molecule has 3 N–H and O–H groups in total. The van der Waals surface area contributed by atoms with E-state index >= 15 is 0 Å². The number of carbonyl (C=O) groups is 2. The topological polar surface area (TPSA) is 105 Å². The first-order valence-corrected chi connectivity index (χ1v) is 5.59. The SMILES string of the molecule is COC(=O)/C=C(/Nc1cccc(B(O)O)c1)C(=O)OC. The van der Waals surface area contributed by atoms with Gasteiger partial charge in [0.15, 0.2) is 0 Å². The molecule has 0 saturated heterocycles. The third kappa shape index (κ3) is 4.41. The van der Waals surface area contributed by atoms with Crippen molar-refractivity contribution in [2.75, 3.05) is 19.5 Å². The second kappa shape index (κ2) is 7.32. The Balaban J connectivity index is 3.01. The molecule has 0 spiro atoms. The maximum atomic E-state index is 11.5. The smallest absolute Gasteiger partial charge is 0.466 e. The fourth-order valence-corrected chi connectivity index (χ4v) is 1.37. The average Bonchev–Trinajstić information content (AvgIpc) is 2.45. The summed E-state index contributed by atoms with van der Waals surface area (Å²) in [6, 6.07) is 6.06. The Morgan fingerprint density at radius 1 is 1.25 bits per heavy atom. The molecule has 0 bridgehead atoms. The lowest BCUT2D eigenvalue weighted by atomic mass is 9.80. The summed E-state index contributed by atoms with van der Waals surface area (Å²) in [6.07, 6.45) is 0.938. The average molecular weight is 279 g/mol. The van der Waals surface area contributed by atoms with E-state index in [1.54, 1.807) is 12.1 Å². The lowest BCUT2D eigenvalue weighted by Gasteiger charge is -2.10. The van der Waals surface area contributed by atoms with Crippen molar-refractivity contribution in [3.8, 4) is 0 Å². The lowest BCUT2D eigenvalue weighted by molar-refractivity contribution is -0.138. The van der Waals surface area contributed by atoms with Crippen LogP contribution in [0.3, 0.4) is 0 Å². The van der Waals surface area contributed by atoms with Crippen molar-refractivity contribution in [1.29, 1.82) is 0 Å². The van der Waals surface area contributed by atoms with E-state index in [9.17, 15) is 9.59 Å². The number of nitrogens with one attached hydrogen (secondary N) is 1. The van der Waals surface area contributed by atoms with Crippen molar-refractivity contribution < 1.29 is 29.1 Å². The van der Waals surface area contributed by atoms with Crippen LogP contribution in [0.1, 0.15) is 0 Å². The third-order valence-electron chi connectivity index (χ3n) is 2.33. The molecule has 0 aliphatic heterocycles. The molecule has 0 unspecified atom stereocenters. The highest BCUT2D eigenvalue weighted by molar-refractivity contribution is 6.58. The van der Waals surface area contributed by atoms with Gasteiger partial charge in [0.1, 0.15) is 5.70 Å². The quantitative estimate of drug-likeness (QED) is 0.361. The molecule has 20 heavy (non-hydrogen) atoms. The number of methoxy groups -OCH3 is 2. The van der Waals surface area contributed by atoms with Crippen molar-refractivity contribution in [3.05, 3.63) is 36.0 Å². The number of esters is 2. The van der Waals surface area contributed by atoms with Crippen molar-refractivity contribution in [1.82, 2.24) is 0 Å². The Labute approximate surface area is 116 Å². The standard InChI is InChI=1S/C12H14BNO6/c1-19-11(15)7-10(12(16)20-2)14-9-5-3-4-8(6-9)13(17)18/h3-7,14,17-18H,1-2H3/b10-7+. The summed E-state index contributed by atoms with van der Waals surface area (Å²) in [5.74, 6) is -1.48. The van der Waals surface area contributed by atoms with Crippen LogP contribution in [0.2, 0.25) is 0 Å². The number of ether oxygens (including phenoxy) is 2. The minimum absolute atomic E-state index is 0.135. The Hall–Kier alpha value is -2.32. The van der Waals surface area contributed by atoms with E-state index in [1.807, 2.05) is 0 Å². The lowest BCUT2D eigenvalue weighted by Crippen LogP contribution is -2.29. The van der Waals surface area contributed by atoms with E-state index in [2.05, 4.69) is 14.8 Å². The predicted molar refractivity (Wildman–Crippen MR) is 72.0 cm³/mol. The first kappa shape index (κ1) is 15.7. The van der Waals surface area contributed by atoms with E-state index in [0.717, 1.165) is 6.08 Å². The van der Waals surface area contributed by atoms with Gasteiger partial charge in [0, 0.05) is 5.69 Å². The Kier molecular flexibility index (Phi) is 5.76. The third-order valence-corrected chi connectivity index (χ3v) is 2.33. The summed E-state index contributed by atoms with van der Waals surface area (Å²) in [7, 11) is 0.711. The Morgan fingerprint density at radius 3 is 2.50 bits per heavy atom. The summed E-state index contributed by atoms with van der Waals surface area (Å²) in [4.78, 5) is 22.7. The number of carbonyl (C=O) groups excluding carboxylic acids is 2. The monoisotopic (exact) mass is 279 g/mol. The molecule has 0 saturated carbocycles. The van der Waals surface area contributed by atoms with Crippen LogP contribution in [0.4, 0.5) is 5.69 Å². The molecule has 0 amide bonds. The van der Waals surface area contributed by atoms with Gasteiger partial charge < -0.3 is 24.8 Å². The maximum absolute atomic E-state index is 11.5. The van der Waals surface area contributed by atoms with Crippen LogP contribution in [-0.4, -0.2) is 43.3 Å². The number of hydrogen-bond acceptors (Lipinski definition) is 7. The van der Waals surface area contributed by atoms with Gasteiger partial charge in [0.2, 0.25) is 0 Å². The van der Waals surface area contributed by atoms with Gasteiger partial charge in [-0.3, -0.25) is 0 Å². The molecule has 0 atom stereocenters. The summed E-state index contributed by atoms with van der Waals surface area (Å²) in [5, 5.41) is 20.8. The number of rotatable bonds is 5. The zero-order chi connectivity index (χ0) is 15.1. The molecule has 1 aromatic carbocycles. The van der Waals surface area contributed by atoms with Crippen LogP contribution in [0, 0.1) is 0 Å². The van der Waals surface area contributed by atoms with Crippen molar-refractivity contribution >= 4 is 30.2 Å². The van der Waals surface area contributed by atoms with Crippen molar-refractivity contribution in [3.63, 3.8) is 0 Å². The van der Waals surface area contributed by atoms with Gasteiger partial charge in [-0.15, -0.1) is 0 Å². The molecule has 1 aromatic rings. The fourth-order valence-electron chi connectivity index (χ4n) is 1.37. The first-order chi connectivity index (χ1) is 9.47. The zero-order valence-corrected chi connectivity index (χ0v) is 11.0. The molecule has 1 rings (SSSR count). The molecule has 0 heterocycles. The van der Waals surface area contributed by atoms with E-state index in [-0.39, 0.29) is 11.2 Å². The number of hydrogen-bond donors (Lipinski definition) is 3. The summed E-state index contributed by atoms with van der Waals surface area (Å²) in [6.45, 7) is 0. The molecule has 0 aliphatic rings. The van der Waals surface area contributed by atoms with E-state index in [4.69, 9.17) is 10.0 Å². The van der Waals surface area contributed by atoms with Crippen LogP contribution in [0.5, 0.6) is 0 Å². The van der Waals surface area contributed by atoms with Gasteiger partial charge >= 0.3 is 19.1 Å². The molecular weight excluding hydrogens is 265 g/mol. The summed E-state index contributed by atoms with van der Waals surface area (Å²) < 4.78 is 8.96. The van der Waals surface area contributed by atoms with Crippen LogP contribution >= 0.6 is 0 Å². The molecule has 0 aromatic heterocycles. The minimum Gasteiger partial charge on any atom is -0.466 e. The highest BCUT2D eigenvalue weighted by Gasteiger charge is 2.15. The second-order valence-electron chi connectivity index (χ2n) is 3.70. The van der Waals surface area contributed by atoms with Crippen molar-refractivity contribution in [2.45, 2.75) is 0 Å². The molecule has 106 valence electrons. The van der Waals surface area contributed by atoms with Crippen LogP contribution in [0.15, 0.2) is 36.0 Å². The van der Waals surface area contributed by atoms with Crippen LogP contribution in [-0.2, 0) is 19.1 Å². The normalized spacial score (nSPS) is 10.7. The van der Waals surface area contributed by atoms with Gasteiger partial charge in [-0.1, -0.05) is 12.1 Å². The highest BCUT2D eigenvalue weighted by atomic mass is 16.5. The molecular formula is C12H14BNO6. The first-order valence-electron chi connectivity index (χ1n) is 5.59. The largest absolute Gasteiger partial charge is 0.488 e. The molecule has 0 radical (unpaired) electrons. The van der Waals surface area contributed by atoms with Gasteiger partial charge in [0.05, 0.1) is 20.3 Å². The van der Waals surface area contributed by atoms with Crippen molar-refractivity contribution in [2.24, 2.45) is 0 Å². The molecule has 8 heteroatoms. The van der Waals surface area contributed by atoms with Crippen LogP contribution < -0.4 is 10.8 Å². The fraction of sp³-hybridized carbons (Fsp3) is 0.167. The number of anilines is 1. The van der Waals surface area contributed by atoms with Gasteiger partial charge in [0.25, 0.3) is 0 Å². The highest BCUT2D eigenvalue weighted by Crippen LogP contribution is 2.09. The molecule has 0 fully saturated rings. The van der Waals surface area contributed by atoms with E-state index in [1.165, 1.54) is 26.4 Å². The molecule has 0 aliphatic carbocycles. The Bertz CT molecular complexity index is 528. The summed E-state index contributed by atoms with van der Waals surface area (Å²) >= 11 is 0. The van der Waals surface area contributed by atoms with Crippen LogP contribution in [0.25, 0.3) is 0 Å². The molecule has 7 nitrogen and oxygen atoms in total. The van der Waals surface area contributed by atoms with E-state index in [0.29, 0.717) is 5.69 Å². The number of benzene rings is 1. The predicted octanol–water partition coefficient (Wildman–Crippen LogP) is -0.992.